The maximum Gasteiger partial charge on any atom is 0.416 e. The van der Waals surface area contributed by atoms with Crippen LogP contribution in [-0.2, 0) is 19.8 Å². The van der Waals surface area contributed by atoms with Crippen molar-refractivity contribution in [2.45, 2.75) is 12.7 Å². The van der Waals surface area contributed by atoms with Gasteiger partial charge in [-0.25, -0.2) is 0 Å². The van der Waals surface area contributed by atoms with Crippen molar-refractivity contribution < 1.29 is 13.2 Å². The maximum atomic E-state index is 12.5. The van der Waals surface area contributed by atoms with Crippen molar-refractivity contribution in [3.63, 3.8) is 0 Å². The van der Waals surface area contributed by atoms with E-state index in [2.05, 4.69) is 5.32 Å². The van der Waals surface area contributed by atoms with Gasteiger partial charge in [-0.2, -0.15) is 13.2 Å². The average molecular weight is 254 g/mol. The van der Waals surface area contributed by atoms with E-state index in [-0.39, 0.29) is 0 Å². The van der Waals surface area contributed by atoms with Gasteiger partial charge in [-0.05, 0) is 30.3 Å². The summed E-state index contributed by atoms with van der Waals surface area (Å²) in [5.41, 5.74) is 0.831. The Labute approximate surface area is 103 Å². The monoisotopic (exact) mass is 254 g/mol. The van der Waals surface area contributed by atoms with Crippen molar-refractivity contribution in [2.75, 3.05) is 5.32 Å². The molecule has 0 aliphatic heterocycles. The van der Waals surface area contributed by atoms with Gasteiger partial charge in [0.15, 0.2) is 0 Å². The first-order valence-corrected chi connectivity index (χ1v) is 5.48. The smallest absolute Gasteiger partial charge is 0.379 e. The van der Waals surface area contributed by atoms with Crippen molar-refractivity contribution in [2.24, 2.45) is 7.05 Å². The van der Waals surface area contributed by atoms with E-state index in [1.54, 1.807) is 6.07 Å². The van der Waals surface area contributed by atoms with Crippen LogP contribution < -0.4 is 5.32 Å². The number of rotatable bonds is 3. The van der Waals surface area contributed by atoms with Crippen molar-refractivity contribution in [1.29, 1.82) is 0 Å². The molecule has 0 spiro atoms. The van der Waals surface area contributed by atoms with Crippen LogP contribution in [0.3, 0.4) is 0 Å². The lowest BCUT2D eigenvalue weighted by atomic mass is 10.2. The van der Waals surface area contributed by atoms with Gasteiger partial charge in [0.25, 0.3) is 0 Å². The number of hydrogen-bond acceptors (Lipinski definition) is 1. The Bertz CT molecular complexity index is 529. The van der Waals surface area contributed by atoms with Crippen LogP contribution in [0.4, 0.5) is 18.9 Å². The molecule has 1 heterocycles. The topological polar surface area (TPSA) is 17.0 Å². The SMILES string of the molecule is Cn1cccc1CNc1cccc(C(F)(F)F)c1. The highest BCUT2D eigenvalue weighted by Gasteiger charge is 2.30. The van der Waals surface area contributed by atoms with Gasteiger partial charge in [-0.15, -0.1) is 0 Å². The standard InChI is InChI=1S/C13H13F3N2/c1-18-7-3-6-12(18)9-17-11-5-2-4-10(8-11)13(14,15)16/h2-8,17H,9H2,1H3. The van der Waals surface area contributed by atoms with E-state index >= 15 is 0 Å². The van der Waals surface area contributed by atoms with Gasteiger partial charge in [-0.3, -0.25) is 0 Å². The number of aromatic nitrogens is 1. The largest absolute Gasteiger partial charge is 0.416 e. The van der Waals surface area contributed by atoms with Gasteiger partial charge in [0, 0.05) is 24.6 Å². The highest BCUT2D eigenvalue weighted by atomic mass is 19.4. The normalized spacial score (nSPS) is 11.6. The fourth-order valence-corrected chi connectivity index (χ4v) is 1.68. The second kappa shape index (κ2) is 4.76. The summed E-state index contributed by atoms with van der Waals surface area (Å²) in [6, 6.07) is 9.01. The molecular formula is C13H13F3N2. The van der Waals surface area contributed by atoms with E-state index in [0.717, 1.165) is 17.8 Å². The molecule has 0 unspecified atom stereocenters. The predicted octanol–water partition coefficient (Wildman–Crippen LogP) is 3.66. The minimum atomic E-state index is -4.30. The lowest BCUT2D eigenvalue weighted by Gasteiger charge is -2.11. The Balaban J connectivity index is 2.09. The van der Waals surface area contributed by atoms with Crippen LogP contribution in [0.2, 0.25) is 0 Å². The van der Waals surface area contributed by atoms with Gasteiger partial charge in [-0.1, -0.05) is 6.07 Å². The summed E-state index contributed by atoms with van der Waals surface area (Å²) >= 11 is 0. The number of anilines is 1. The van der Waals surface area contributed by atoms with Crippen LogP contribution in [0.5, 0.6) is 0 Å². The lowest BCUT2D eigenvalue weighted by Crippen LogP contribution is -2.07. The minimum absolute atomic E-state index is 0.464. The third-order valence-corrected chi connectivity index (χ3v) is 2.71. The van der Waals surface area contributed by atoms with E-state index in [9.17, 15) is 13.2 Å². The van der Waals surface area contributed by atoms with E-state index in [1.165, 1.54) is 6.07 Å². The molecule has 1 aromatic heterocycles. The summed E-state index contributed by atoms with van der Waals surface area (Å²) in [6.45, 7) is 0.491. The van der Waals surface area contributed by atoms with E-state index in [1.807, 2.05) is 29.9 Å². The Morgan fingerprint density at radius 3 is 2.56 bits per heavy atom. The van der Waals surface area contributed by atoms with Crippen LogP contribution >= 0.6 is 0 Å². The molecule has 96 valence electrons. The lowest BCUT2D eigenvalue weighted by molar-refractivity contribution is -0.137. The van der Waals surface area contributed by atoms with Crippen LogP contribution in [0.1, 0.15) is 11.3 Å². The van der Waals surface area contributed by atoms with Crippen LogP contribution in [-0.4, -0.2) is 4.57 Å². The van der Waals surface area contributed by atoms with Gasteiger partial charge in [0.2, 0.25) is 0 Å². The first-order chi connectivity index (χ1) is 8.47. The summed E-state index contributed by atoms with van der Waals surface area (Å²) in [5.74, 6) is 0. The molecule has 0 radical (unpaired) electrons. The highest BCUT2D eigenvalue weighted by Crippen LogP contribution is 2.30. The van der Waals surface area contributed by atoms with E-state index in [0.29, 0.717) is 12.2 Å². The minimum Gasteiger partial charge on any atom is -0.379 e. The predicted molar refractivity (Wildman–Crippen MR) is 64.2 cm³/mol. The van der Waals surface area contributed by atoms with Crippen molar-refractivity contribution >= 4 is 5.69 Å². The fraction of sp³-hybridized carbons (Fsp3) is 0.231. The Hall–Kier alpha value is -1.91. The molecule has 0 fully saturated rings. The second-order valence-electron chi connectivity index (χ2n) is 4.04. The first kappa shape index (κ1) is 12.5. The van der Waals surface area contributed by atoms with Crippen LogP contribution in [0.25, 0.3) is 0 Å². The zero-order valence-electron chi connectivity index (χ0n) is 9.83. The molecule has 0 atom stereocenters. The number of alkyl halides is 3. The summed E-state index contributed by atoms with van der Waals surface area (Å²) < 4.78 is 39.5. The van der Waals surface area contributed by atoms with Gasteiger partial charge < -0.3 is 9.88 Å². The van der Waals surface area contributed by atoms with Crippen molar-refractivity contribution in [3.8, 4) is 0 Å². The van der Waals surface area contributed by atoms with Crippen molar-refractivity contribution in [1.82, 2.24) is 4.57 Å². The molecule has 2 nitrogen and oxygen atoms in total. The molecule has 0 aliphatic carbocycles. The Morgan fingerprint density at radius 1 is 1.17 bits per heavy atom. The quantitative estimate of drug-likeness (QED) is 0.884. The molecule has 18 heavy (non-hydrogen) atoms. The van der Waals surface area contributed by atoms with E-state index in [4.69, 9.17) is 0 Å². The molecule has 2 aromatic rings. The average Bonchev–Trinajstić information content (AvgIpc) is 2.72. The zero-order chi connectivity index (χ0) is 13.2. The first-order valence-electron chi connectivity index (χ1n) is 5.48. The second-order valence-corrected chi connectivity index (χ2v) is 4.04. The molecule has 0 saturated heterocycles. The summed E-state index contributed by atoms with van der Waals surface area (Å²) in [5, 5.41) is 2.98. The maximum absolute atomic E-state index is 12.5. The van der Waals surface area contributed by atoms with Crippen molar-refractivity contribution in [3.05, 3.63) is 53.9 Å². The van der Waals surface area contributed by atoms with Crippen LogP contribution in [0.15, 0.2) is 42.6 Å². The number of aryl methyl sites for hydroxylation is 1. The molecule has 0 amide bonds. The van der Waals surface area contributed by atoms with Gasteiger partial charge in [0.05, 0.1) is 12.1 Å². The van der Waals surface area contributed by atoms with Crippen LogP contribution in [0, 0.1) is 0 Å². The summed E-state index contributed by atoms with van der Waals surface area (Å²) in [4.78, 5) is 0. The number of benzene rings is 1. The van der Waals surface area contributed by atoms with E-state index < -0.39 is 11.7 Å². The Morgan fingerprint density at radius 2 is 1.94 bits per heavy atom. The number of nitrogens with one attached hydrogen (secondary N) is 1. The molecule has 1 N–H and O–H groups in total. The Kier molecular flexibility index (Phi) is 3.32. The number of halogens is 3. The molecule has 0 bridgehead atoms. The van der Waals surface area contributed by atoms with Gasteiger partial charge >= 0.3 is 6.18 Å². The number of nitrogens with zero attached hydrogens (tertiary/aromatic N) is 1. The third-order valence-electron chi connectivity index (χ3n) is 2.71. The highest BCUT2D eigenvalue weighted by molar-refractivity contribution is 5.46. The summed E-state index contributed by atoms with van der Waals surface area (Å²) in [7, 11) is 1.89. The zero-order valence-corrected chi connectivity index (χ0v) is 9.83. The molecular weight excluding hydrogens is 241 g/mol. The molecule has 0 saturated carbocycles. The molecule has 2 rings (SSSR count). The summed E-state index contributed by atoms with van der Waals surface area (Å²) in [6.07, 6.45) is -2.41. The molecule has 0 aliphatic rings. The fourth-order valence-electron chi connectivity index (χ4n) is 1.68. The third kappa shape index (κ3) is 2.85. The molecule has 5 heteroatoms. The molecule has 1 aromatic carbocycles. The van der Waals surface area contributed by atoms with Gasteiger partial charge in [0.1, 0.15) is 0 Å². The number of hydrogen-bond donors (Lipinski definition) is 1.